The quantitative estimate of drug-likeness (QED) is 0.844. The molecule has 1 fully saturated rings. The lowest BCUT2D eigenvalue weighted by molar-refractivity contribution is 0.325. The topological polar surface area (TPSA) is 39.7 Å². The smallest absolute Gasteiger partial charge is 0.131 e. The molecular formula is C12H17NO3. The normalized spacial score (nSPS) is 18.8. The van der Waals surface area contributed by atoms with Crippen LogP contribution in [0.15, 0.2) is 12.1 Å². The van der Waals surface area contributed by atoms with Crippen molar-refractivity contribution in [1.29, 1.82) is 0 Å². The Balaban J connectivity index is 2.45. The zero-order valence-electron chi connectivity index (χ0n) is 9.87. The van der Waals surface area contributed by atoms with E-state index in [2.05, 4.69) is 5.32 Å². The minimum absolute atomic E-state index is 0.329. The minimum Gasteiger partial charge on any atom is -0.496 e. The van der Waals surface area contributed by atoms with Crippen LogP contribution in [0.4, 0.5) is 0 Å². The molecule has 1 saturated heterocycles. The van der Waals surface area contributed by atoms with Gasteiger partial charge in [0.2, 0.25) is 0 Å². The Hall–Kier alpha value is -1.42. The maximum absolute atomic E-state index is 5.39. The summed E-state index contributed by atoms with van der Waals surface area (Å²) in [6, 6.07) is 4.10. The van der Waals surface area contributed by atoms with Crippen molar-refractivity contribution in [3.63, 3.8) is 0 Å². The van der Waals surface area contributed by atoms with Gasteiger partial charge in [-0.05, 0) is 13.0 Å². The molecule has 88 valence electrons. The highest BCUT2D eigenvalue weighted by molar-refractivity contribution is 5.52. The van der Waals surface area contributed by atoms with Crippen molar-refractivity contribution in [3.8, 4) is 17.2 Å². The fourth-order valence-electron chi connectivity index (χ4n) is 1.91. The molecule has 0 amide bonds. The molecule has 0 saturated carbocycles. The first-order chi connectivity index (χ1) is 7.80. The highest BCUT2D eigenvalue weighted by Gasteiger charge is 2.26. The molecule has 1 N–H and O–H groups in total. The third kappa shape index (κ3) is 1.80. The molecule has 0 radical (unpaired) electrons. The van der Waals surface area contributed by atoms with E-state index >= 15 is 0 Å². The van der Waals surface area contributed by atoms with Crippen LogP contribution < -0.4 is 19.5 Å². The lowest BCUT2D eigenvalue weighted by Gasteiger charge is -2.30. The Morgan fingerprint density at radius 2 is 1.62 bits per heavy atom. The van der Waals surface area contributed by atoms with Crippen LogP contribution in [0.3, 0.4) is 0 Å². The van der Waals surface area contributed by atoms with Gasteiger partial charge in [0.05, 0.1) is 26.9 Å². The van der Waals surface area contributed by atoms with Gasteiger partial charge in [0.25, 0.3) is 0 Å². The van der Waals surface area contributed by atoms with Crippen LogP contribution in [0.25, 0.3) is 0 Å². The minimum atomic E-state index is 0.329. The predicted octanol–water partition coefficient (Wildman–Crippen LogP) is 1.75. The zero-order valence-corrected chi connectivity index (χ0v) is 9.87. The molecule has 1 aliphatic heterocycles. The average molecular weight is 223 g/mol. The number of benzene rings is 1. The molecule has 1 atom stereocenters. The van der Waals surface area contributed by atoms with Gasteiger partial charge in [0.15, 0.2) is 0 Å². The molecule has 0 spiro atoms. The van der Waals surface area contributed by atoms with Crippen molar-refractivity contribution in [2.75, 3.05) is 27.9 Å². The second kappa shape index (κ2) is 4.61. The third-order valence-corrected chi connectivity index (χ3v) is 2.93. The van der Waals surface area contributed by atoms with Gasteiger partial charge in [-0.15, -0.1) is 0 Å². The van der Waals surface area contributed by atoms with Gasteiger partial charge >= 0.3 is 0 Å². The van der Waals surface area contributed by atoms with Gasteiger partial charge in [-0.2, -0.15) is 0 Å². The average Bonchev–Trinajstić information content (AvgIpc) is 2.26. The van der Waals surface area contributed by atoms with Crippen LogP contribution in [-0.2, 0) is 0 Å². The highest BCUT2D eigenvalue weighted by Crippen LogP contribution is 2.41. The Morgan fingerprint density at radius 3 is 1.94 bits per heavy atom. The van der Waals surface area contributed by atoms with Crippen LogP contribution in [0.5, 0.6) is 17.2 Å². The van der Waals surface area contributed by atoms with E-state index < -0.39 is 0 Å². The number of hydrogen-bond donors (Lipinski definition) is 1. The number of nitrogens with one attached hydrogen (secondary N) is 1. The molecule has 0 aliphatic carbocycles. The van der Waals surface area contributed by atoms with Gasteiger partial charge in [0, 0.05) is 18.2 Å². The summed E-state index contributed by atoms with van der Waals surface area (Å²) in [5.74, 6) is 2.37. The summed E-state index contributed by atoms with van der Waals surface area (Å²) in [6.45, 7) is 1.04. The summed E-state index contributed by atoms with van der Waals surface area (Å²) < 4.78 is 16.0. The molecule has 1 aromatic carbocycles. The van der Waals surface area contributed by atoms with Crippen LogP contribution in [-0.4, -0.2) is 27.9 Å². The molecular weight excluding hydrogens is 206 g/mol. The largest absolute Gasteiger partial charge is 0.496 e. The molecule has 4 heteroatoms. The van der Waals surface area contributed by atoms with E-state index in [-0.39, 0.29) is 0 Å². The van der Waals surface area contributed by atoms with Crippen molar-refractivity contribution in [3.05, 3.63) is 17.7 Å². The van der Waals surface area contributed by atoms with E-state index in [0.717, 1.165) is 35.8 Å². The lowest BCUT2D eigenvalue weighted by Crippen LogP contribution is -2.35. The molecule has 1 heterocycles. The Kier molecular flexibility index (Phi) is 3.19. The van der Waals surface area contributed by atoms with Crippen molar-refractivity contribution in [2.45, 2.75) is 12.5 Å². The summed E-state index contributed by atoms with van der Waals surface area (Å²) in [6.07, 6.45) is 1.11. The third-order valence-electron chi connectivity index (χ3n) is 2.93. The van der Waals surface area contributed by atoms with Crippen LogP contribution >= 0.6 is 0 Å². The summed E-state index contributed by atoms with van der Waals surface area (Å²) in [5, 5.41) is 3.35. The van der Waals surface area contributed by atoms with Gasteiger partial charge in [-0.25, -0.2) is 0 Å². The molecule has 4 nitrogen and oxygen atoms in total. The van der Waals surface area contributed by atoms with E-state index in [1.807, 2.05) is 12.1 Å². The van der Waals surface area contributed by atoms with E-state index in [9.17, 15) is 0 Å². The van der Waals surface area contributed by atoms with Crippen molar-refractivity contribution < 1.29 is 14.2 Å². The highest BCUT2D eigenvalue weighted by atomic mass is 16.5. The van der Waals surface area contributed by atoms with Gasteiger partial charge in [-0.3, -0.25) is 0 Å². The summed E-state index contributed by atoms with van der Waals surface area (Å²) >= 11 is 0. The summed E-state index contributed by atoms with van der Waals surface area (Å²) in [7, 11) is 4.96. The van der Waals surface area contributed by atoms with E-state index in [0.29, 0.717) is 6.04 Å². The number of methoxy groups -OCH3 is 3. The molecule has 16 heavy (non-hydrogen) atoms. The molecule has 0 aromatic heterocycles. The first-order valence-electron chi connectivity index (χ1n) is 5.33. The van der Waals surface area contributed by atoms with E-state index in [1.165, 1.54) is 0 Å². The second-order valence-electron chi connectivity index (χ2n) is 3.74. The SMILES string of the molecule is COc1cc(OC)c(C2CCN2)c(OC)c1. The van der Waals surface area contributed by atoms with Crippen molar-refractivity contribution >= 4 is 0 Å². The van der Waals surface area contributed by atoms with Crippen LogP contribution in [0.1, 0.15) is 18.0 Å². The fraction of sp³-hybridized carbons (Fsp3) is 0.500. The predicted molar refractivity (Wildman–Crippen MR) is 61.5 cm³/mol. The number of ether oxygens (including phenoxy) is 3. The first-order valence-corrected chi connectivity index (χ1v) is 5.33. The van der Waals surface area contributed by atoms with Gasteiger partial charge in [0.1, 0.15) is 17.2 Å². The molecule has 1 aromatic rings. The van der Waals surface area contributed by atoms with Crippen molar-refractivity contribution in [1.82, 2.24) is 5.32 Å². The van der Waals surface area contributed by atoms with Crippen LogP contribution in [0.2, 0.25) is 0 Å². The molecule has 1 unspecified atom stereocenters. The van der Waals surface area contributed by atoms with Gasteiger partial charge < -0.3 is 19.5 Å². The summed E-state index contributed by atoms with van der Waals surface area (Å²) in [5.41, 5.74) is 1.08. The molecule has 2 rings (SSSR count). The maximum Gasteiger partial charge on any atom is 0.131 e. The second-order valence-corrected chi connectivity index (χ2v) is 3.74. The Morgan fingerprint density at radius 1 is 1.06 bits per heavy atom. The number of rotatable bonds is 4. The summed E-state index contributed by atoms with van der Waals surface area (Å²) in [4.78, 5) is 0. The Labute approximate surface area is 95.5 Å². The maximum atomic E-state index is 5.39. The molecule has 0 bridgehead atoms. The first kappa shape index (κ1) is 11.1. The molecule has 1 aliphatic rings. The number of hydrogen-bond acceptors (Lipinski definition) is 4. The van der Waals surface area contributed by atoms with E-state index in [1.54, 1.807) is 21.3 Å². The van der Waals surface area contributed by atoms with Gasteiger partial charge in [-0.1, -0.05) is 0 Å². The standard InChI is InChI=1S/C12H17NO3/c1-14-8-6-10(15-2)12(9-4-5-13-9)11(7-8)16-3/h6-7,9,13H,4-5H2,1-3H3. The van der Waals surface area contributed by atoms with E-state index in [4.69, 9.17) is 14.2 Å². The fourth-order valence-corrected chi connectivity index (χ4v) is 1.91. The Bertz CT molecular complexity index is 350. The monoisotopic (exact) mass is 223 g/mol. The van der Waals surface area contributed by atoms with Crippen molar-refractivity contribution in [2.24, 2.45) is 0 Å². The van der Waals surface area contributed by atoms with Crippen LogP contribution in [0, 0.1) is 0 Å². The zero-order chi connectivity index (χ0) is 11.5. The lowest BCUT2D eigenvalue weighted by atomic mass is 9.96.